The molecule has 0 radical (unpaired) electrons. The van der Waals surface area contributed by atoms with Gasteiger partial charge in [0.05, 0.1) is 30.6 Å². The van der Waals surface area contributed by atoms with Crippen LogP contribution in [0.15, 0.2) is 58.9 Å². The van der Waals surface area contributed by atoms with Gasteiger partial charge >= 0.3 is 0 Å². The number of carbonyl (C=O) groups excluding carboxylic acids is 2. The summed E-state index contributed by atoms with van der Waals surface area (Å²) < 4.78 is 23.1. The second kappa shape index (κ2) is 9.64. The zero-order valence-electron chi connectivity index (χ0n) is 15.3. The molecular weight excluding hydrogens is 364 g/mol. The van der Waals surface area contributed by atoms with Crippen LogP contribution in [0.3, 0.4) is 0 Å². The van der Waals surface area contributed by atoms with E-state index in [2.05, 4.69) is 0 Å². The van der Waals surface area contributed by atoms with Gasteiger partial charge in [-0.15, -0.1) is 0 Å². The van der Waals surface area contributed by atoms with Gasteiger partial charge in [0.2, 0.25) is 0 Å². The Morgan fingerprint density at radius 1 is 0.963 bits per heavy atom. The fraction of sp³-hybridized carbons (Fsp3) is 0.143. The standard InChI is InChI=1S/C21H20O5S/c1-15-4-6-17(7-5-15)27(24)13-11-16(10-12-22)21-18(14-23)19(25-2)8-9-20(21)26-3/h4-14H,1-3H3/b13-11-,16-10+. The number of aryl methyl sites for hydroxylation is 1. The Kier molecular flexibility index (Phi) is 7.25. The van der Waals surface area contributed by atoms with Gasteiger partial charge in [-0.2, -0.15) is 0 Å². The molecule has 140 valence electrons. The molecule has 0 bridgehead atoms. The lowest BCUT2D eigenvalue weighted by atomic mass is 9.98. The zero-order valence-corrected chi connectivity index (χ0v) is 16.1. The molecule has 0 aliphatic rings. The van der Waals surface area contributed by atoms with Crippen LogP contribution in [-0.2, 0) is 15.6 Å². The van der Waals surface area contributed by atoms with E-state index in [0.29, 0.717) is 40.1 Å². The first kappa shape index (κ1) is 20.3. The third-order valence-electron chi connectivity index (χ3n) is 3.89. The molecule has 0 N–H and O–H groups in total. The van der Waals surface area contributed by atoms with E-state index in [1.54, 1.807) is 24.3 Å². The van der Waals surface area contributed by atoms with E-state index >= 15 is 0 Å². The Bertz CT molecular complexity index is 911. The van der Waals surface area contributed by atoms with E-state index < -0.39 is 10.8 Å². The first-order valence-electron chi connectivity index (χ1n) is 8.07. The molecule has 0 spiro atoms. The van der Waals surface area contributed by atoms with Crippen LogP contribution in [0.4, 0.5) is 0 Å². The number of benzene rings is 2. The third-order valence-corrected chi connectivity index (χ3v) is 5.01. The Balaban J connectivity index is 2.51. The summed E-state index contributed by atoms with van der Waals surface area (Å²) in [5.41, 5.74) is 2.10. The quantitative estimate of drug-likeness (QED) is 0.394. The predicted octanol–water partition coefficient (Wildman–Crippen LogP) is 3.73. The van der Waals surface area contributed by atoms with E-state index in [9.17, 15) is 13.8 Å². The molecular formula is C21H20O5S. The molecule has 2 rings (SSSR count). The molecule has 0 saturated carbocycles. The smallest absolute Gasteiger partial charge is 0.154 e. The number of hydrogen-bond donors (Lipinski definition) is 0. The molecule has 0 amide bonds. The van der Waals surface area contributed by atoms with Gasteiger partial charge in [-0.05, 0) is 48.9 Å². The minimum absolute atomic E-state index is 0.246. The maximum atomic E-state index is 12.5. The minimum atomic E-state index is -1.41. The highest BCUT2D eigenvalue weighted by Crippen LogP contribution is 2.35. The van der Waals surface area contributed by atoms with Gasteiger partial charge in [0.25, 0.3) is 0 Å². The van der Waals surface area contributed by atoms with Gasteiger partial charge in [-0.3, -0.25) is 9.59 Å². The number of carbonyl (C=O) groups is 2. The largest absolute Gasteiger partial charge is 0.496 e. The Morgan fingerprint density at radius 3 is 2.15 bits per heavy atom. The molecule has 6 heteroatoms. The molecule has 0 heterocycles. The minimum Gasteiger partial charge on any atom is -0.496 e. The molecule has 0 fully saturated rings. The molecule has 27 heavy (non-hydrogen) atoms. The lowest BCUT2D eigenvalue weighted by molar-refractivity contribution is -0.104. The highest BCUT2D eigenvalue weighted by atomic mass is 32.2. The Labute approximate surface area is 160 Å². The van der Waals surface area contributed by atoms with Crippen LogP contribution in [-0.4, -0.2) is 31.0 Å². The summed E-state index contributed by atoms with van der Waals surface area (Å²) in [6.45, 7) is 1.95. The van der Waals surface area contributed by atoms with Crippen molar-refractivity contribution in [3.8, 4) is 11.5 Å². The SMILES string of the molecule is COc1ccc(OC)c(C(/C=C\S(=O)c2ccc(C)cc2)=C/C=O)c1C=O. The highest BCUT2D eigenvalue weighted by Gasteiger charge is 2.17. The van der Waals surface area contributed by atoms with Crippen molar-refractivity contribution < 1.29 is 23.3 Å². The number of methoxy groups -OCH3 is 2. The molecule has 0 aliphatic heterocycles. The summed E-state index contributed by atoms with van der Waals surface area (Å²) in [5, 5.41) is 1.47. The number of allylic oxidation sites excluding steroid dienone is 3. The molecule has 1 atom stereocenters. The molecule has 0 aliphatic carbocycles. The number of hydrogen-bond acceptors (Lipinski definition) is 5. The summed E-state index contributed by atoms with van der Waals surface area (Å²) in [5.74, 6) is 0.752. The molecule has 0 saturated heterocycles. The fourth-order valence-corrected chi connectivity index (χ4v) is 3.36. The fourth-order valence-electron chi connectivity index (χ4n) is 2.52. The summed E-state index contributed by atoms with van der Waals surface area (Å²) >= 11 is 0. The first-order chi connectivity index (χ1) is 13.0. The van der Waals surface area contributed by atoms with E-state index in [1.165, 1.54) is 31.8 Å². The Morgan fingerprint density at radius 2 is 1.59 bits per heavy atom. The molecule has 1 unspecified atom stereocenters. The summed E-state index contributed by atoms with van der Waals surface area (Å²) in [7, 11) is 1.50. The van der Waals surface area contributed by atoms with Gasteiger partial charge in [0, 0.05) is 15.9 Å². The van der Waals surface area contributed by atoms with Gasteiger partial charge < -0.3 is 9.47 Å². The van der Waals surface area contributed by atoms with Crippen LogP contribution in [0.2, 0.25) is 0 Å². The lowest BCUT2D eigenvalue weighted by Gasteiger charge is -2.14. The Hall–Kier alpha value is -2.99. The second-order valence-electron chi connectivity index (χ2n) is 5.55. The molecule has 2 aromatic carbocycles. The van der Waals surface area contributed by atoms with Crippen LogP contribution >= 0.6 is 0 Å². The van der Waals surface area contributed by atoms with Crippen molar-refractivity contribution in [3.05, 3.63) is 70.6 Å². The third kappa shape index (κ3) is 4.80. The maximum absolute atomic E-state index is 12.5. The maximum Gasteiger partial charge on any atom is 0.154 e. The van der Waals surface area contributed by atoms with Crippen molar-refractivity contribution in [1.82, 2.24) is 0 Å². The average molecular weight is 384 g/mol. The summed E-state index contributed by atoms with van der Waals surface area (Å²) in [6, 6.07) is 10.6. The topological polar surface area (TPSA) is 69.7 Å². The van der Waals surface area contributed by atoms with Crippen LogP contribution < -0.4 is 9.47 Å². The first-order valence-corrected chi connectivity index (χ1v) is 9.28. The van der Waals surface area contributed by atoms with Crippen molar-refractivity contribution in [3.63, 3.8) is 0 Å². The monoisotopic (exact) mass is 384 g/mol. The van der Waals surface area contributed by atoms with Gasteiger partial charge in [-0.25, -0.2) is 4.21 Å². The number of aldehydes is 2. The summed E-state index contributed by atoms with van der Waals surface area (Å²) in [4.78, 5) is 23.4. The van der Waals surface area contributed by atoms with Crippen molar-refractivity contribution in [2.45, 2.75) is 11.8 Å². The lowest BCUT2D eigenvalue weighted by Crippen LogP contribution is -2.00. The van der Waals surface area contributed by atoms with Crippen LogP contribution in [0.5, 0.6) is 11.5 Å². The van der Waals surface area contributed by atoms with E-state index in [0.717, 1.165) is 5.56 Å². The van der Waals surface area contributed by atoms with Crippen molar-refractivity contribution in [1.29, 1.82) is 0 Å². The normalized spacial score (nSPS) is 12.6. The number of ether oxygens (including phenoxy) is 2. The van der Waals surface area contributed by atoms with Crippen LogP contribution in [0.1, 0.15) is 21.5 Å². The van der Waals surface area contributed by atoms with E-state index in [1.807, 2.05) is 19.1 Å². The predicted molar refractivity (Wildman–Crippen MR) is 106 cm³/mol. The average Bonchev–Trinajstić information content (AvgIpc) is 2.70. The van der Waals surface area contributed by atoms with Crippen LogP contribution in [0.25, 0.3) is 5.57 Å². The van der Waals surface area contributed by atoms with Crippen molar-refractivity contribution >= 4 is 28.9 Å². The van der Waals surface area contributed by atoms with Crippen LogP contribution in [0, 0.1) is 6.92 Å². The van der Waals surface area contributed by atoms with E-state index in [-0.39, 0.29) is 5.56 Å². The van der Waals surface area contributed by atoms with Crippen molar-refractivity contribution in [2.24, 2.45) is 0 Å². The van der Waals surface area contributed by atoms with Gasteiger partial charge in [0.1, 0.15) is 17.8 Å². The number of rotatable bonds is 8. The zero-order chi connectivity index (χ0) is 19.8. The van der Waals surface area contributed by atoms with Gasteiger partial charge in [-0.1, -0.05) is 17.7 Å². The highest BCUT2D eigenvalue weighted by molar-refractivity contribution is 7.88. The molecule has 0 aromatic heterocycles. The molecule has 5 nitrogen and oxygen atoms in total. The van der Waals surface area contributed by atoms with E-state index in [4.69, 9.17) is 9.47 Å². The summed E-state index contributed by atoms with van der Waals surface area (Å²) in [6.07, 6.45) is 4.06. The van der Waals surface area contributed by atoms with Gasteiger partial charge in [0.15, 0.2) is 6.29 Å². The molecule has 2 aromatic rings. The van der Waals surface area contributed by atoms with Crippen molar-refractivity contribution in [2.75, 3.05) is 14.2 Å². The second-order valence-corrected chi connectivity index (χ2v) is 6.89.